The van der Waals surface area contributed by atoms with Gasteiger partial charge in [-0.3, -0.25) is 4.79 Å². The van der Waals surface area contributed by atoms with Gasteiger partial charge >= 0.3 is 33.0 Å². The molecular weight excluding hydrogens is 639 g/mol. The van der Waals surface area contributed by atoms with Crippen LogP contribution in [0.1, 0.15) is 54.8 Å². The van der Waals surface area contributed by atoms with Crippen LogP contribution < -0.4 is 14.8 Å². The first kappa shape index (κ1) is 32.7. The van der Waals surface area contributed by atoms with Crippen LogP contribution in [0.15, 0.2) is 42.5 Å². The molecule has 1 aliphatic carbocycles. The molecule has 1 aromatic carbocycles. The van der Waals surface area contributed by atoms with Gasteiger partial charge in [-0.2, -0.15) is 0 Å². The van der Waals surface area contributed by atoms with Gasteiger partial charge in [0.25, 0.3) is 5.91 Å². The number of fused-ring (bicyclic) bond motifs is 3. The van der Waals surface area contributed by atoms with Crippen LogP contribution in [0.3, 0.4) is 0 Å². The Hall–Kier alpha value is -2.69. The number of likely N-dealkylation sites (tertiary alicyclic amines) is 1. The number of rotatable bonds is 2. The Labute approximate surface area is 260 Å². The molecule has 1 aromatic heterocycles. The number of benzene rings is 2. The summed E-state index contributed by atoms with van der Waals surface area (Å²) in [5.74, 6) is 0.193. The molecule has 44 heavy (non-hydrogen) atoms. The molecule has 13 heteroatoms. The third kappa shape index (κ3) is 7.57. The average Bonchev–Trinajstić information content (AvgIpc) is 3.41. The summed E-state index contributed by atoms with van der Waals surface area (Å²) in [7, 11) is -4.25. The molecule has 0 N–H and O–H groups in total. The molecule has 0 radical (unpaired) electrons. The molecule has 1 saturated heterocycles. The van der Waals surface area contributed by atoms with Crippen molar-refractivity contribution in [3.05, 3.63) is 58.3 Å². The molecule has 240 valence electrons. The van der Waals surface area contributed by atoms with Crippen LogP contribution in [0.5, 0.6) is 0 Å². The van der Waals surface area contributed by atoms with Crippen molar-refractivity contribution in [1.82, 2.24) is 9.48 Å². The molecule has 0 atom stereocenters. The molecule has 3 aliphatic heterocycles. The third-order valence-electron chi connectivity index (χ3n) is 8.26. The molecule has 0 bridgehead atoms. The molecule has 0 unspecified atom stereocenters. The summed E-state index contributed by atoms with van der Waals surface area (Å²) >= 11 is 3.54. The summed E-state index contributed by atoms with van der Waals surface area (Å²) in [6, 6.07) is 15.9. The van der Waals surface area contributed by atoms with E-state index < -0.39 is 7.81 Å². The van der Waals surface area contributed by atoms with Crippen LogP contribution in [0, 0.1) is 0 Å². The van der Waals surface area contributed by atoms with E-state index in [0.717, 1.165) is 43.8 Å². The number of carbonyl (C=O) groups excluding carboxylic acids is 1. The Kier molecular flexibility index (Phi) is 7.95. The number of anilines is 1. The predicted octanol–water partition coefficient (Wildman–Crippen LogP) is 9.89. The van der Waals surface area contributed by atoms with Crippen LogP contribution in [0.4, 0.5) is 30.9 Å². The zero-order chi connectivity index (χ0) is 32.3. The Balaban J connectivity index is 0.000000493. The first-order valence-electron chi connectivity index (χ1n) is 14.4. The van der Waals surface area contributed by atoms with Gasteiger partial charge < -0.3 is 9.80 Å². The zero-order valence-electron chi connectivity index (χ0n) is 25.3. The number of amides is 1. The van der Waals surface area contributed by atoms with Gasteiger partial charge in [0.15, 0.2) is 0 Å². The van der Waals surface area contributed by atoms with E-state index in [0.29, 0.717) is 0 Å². The normalized spacial score (nSPS) is 18.2. The quantitative estimate of drug-likeness (QED) is 0.0916. The molecule has 0 spiro atoms. The van der Waals surface area contributed by atoms with Gasteiger partial charge in [-0.05, 0) is 67.0 Å². The van der Waals surface area contributed by atoms with E-state index in [4.69, 9.17) is 0 Å². The molecule has 0 saturated carbocycles. The van der Waals surface area contributed by atoms with Gasteiger partial charge in [0.05, 0.1) is 4.88 Å². The zero-order valence-corrected chi connectivity index (χ0v) is 27.8. The van der Waals surface area contributed by atoms with Gasteiger partial charge in [-0.15, -0.1) is 22.7 Å². The second-order valence-electron chi connectivity index (χ2n) is 12.4. The Bertz CT molecular complexity index is 1780. The second kappa shape index (κ2) is 10.7. The van der Waals surface area contributed by atoms with Crippen LogP contribution in [-0.2, 0) is 5.41 Å². The number of hydrogen-bond donors (Lipinski definition) is 0. The SMILES string of the molecule is CN1CCC(C)(C)c2cc3c(-c4ccc(C(=O)N5CCCCC5)s4)c4ccc(=[N+](C)C)cc-4sc3cc21.F[P-](F)(F)(F)(F)F. The van der Waals surface area contributed by atoms with Gasteiger partial charge in [0.2, 0.25) is 5.36 Å². The molecule has 4 aliphatic rings. The van der Waals surface area contributed by atoms with E-state index in [2.05, 4.69) is 86.9 Å². The Morgan fingerprint density at radius 3 is 2.16 bits per heavy atom. The van der Waals surface area contributed by atoms with E-state index in [1.54, 1.807) is 11.3 Å². The van der Waals surface area contributed by atoms with Crippen molar-refractivity contribution in [1.29, 1.82) is 0 Å². The van der Waals surface area contributed by atoms with Crippen LogP contribution in [-0.4, -0.2) is 51.6 Å². The maximum atomic E-state index is 13.3. The fourth-order valence-electron chi connectivity index (χ4n) is 5.86. The van der Waals surface area contributed by atoms with Crippen molar-refractivity contribution in [3.8, 4) is 20.9 Å². The average molecular weight is 676 g/mol. The van der Waals surface area contributed by atoms with Crippen molar-refractivity contribution in [2.45, 2.75) is 44.9 Å². The number of thiophene rings is 1. The van der Waals surface area contributed by atoms with Crippen LogP contribution in [0.2, 0.25) is 0 Å². The molecule has 6 rings (SSSR count). The van der Waals surface area contributed by atoms with Gasteiger partial charge in [0.1, 0.15) is 14.1 Å². The van der Waals surface area contributed by atoms with E-state index in [1.807, 2.05) is 16.2 Å². The summed E-state index contributed by atoms with van der Waals surface area (Å²) in [5, 5.41) is 2.51. The van der Waals surface area contributed by atoms with Crippen LogP contribution >= 0.6 is 30.5 Å². The molecule has 1 fully saturated rings. The molecule has 4 nitrogen and oxygen atoms in total. The summed E-state index contributed by atoms with van der Waals surface area (Å²) in [6.45, 7) is 7.59. The van der Waals surface area contributed by atoms with Crippen LogP contribution in [0.25, 0.3) is 31.0 Å². The number of carbonyl (C=O) groups is 1. The summed E-state index contributed by atoms with van der Waals surface area (Å²) in [4.78, 5) is 21.1. The van der Waals surface area contributed by atoms with Gasteiger partial charge in [0, 0.05) is 75.5 Å². The van der Waals surface area contributed by atoms with E-state index in [9.17, 15) is 30.0 Å². The van der Waals surface area contributed by atoms with E-state index >= 15 is 0 Å². The topological polar surface area (TPSA) is 26.6 Å². The minimum atomic E-state index is -10.7. The van der Waals surface area contributed by atoms with Crippen molar-refractivity contribution < 1.29 is 30.0 Å². The molecule has 4 heterocycles. The summed E-state index contributed by atoms with van der Waals surface area (Å²) in [6.07, 6.45) is 4.60. The number of hydrogen-bond acceptors (Lipinski definition) is 4. The van der Waals surface area contributed by atoms with Gasteiger partial charge in [-0.1, -0.05) is 13.8 Å². The first-order valence-corrected chi connectivity index (χ1v) is 18.1. The van der Waals surface area contributed by atoms with E-state index in [1.165, 1.54) is 54.0 Å². The van der Waals surface area contributed by atoms with E-state index in [-0.39, 0.29) is 11.3 Å². The summed E-state index contributed by atoms with van der Waals surface area (Å²) < 4.78 is 62.7. The predicted molar refractivity (Wildman–Crippen MR) is 173 cm³/mol. The molecule has 2 aromatic rings. The van der Waals surface area contributed by atoms with Gasteiger partial charge in [-0.25, -0.2) is 4.58 Å². The number of piperidine rings is 1. The minimum absolute atomic E-state index is 0.131. The Morgan fingerprint density at radius 2 is 1.52 bits per heavy atom. The summed E-state index contributed by atoms with van der Waals surface area (Å²) in [5.41, 5.74) is 5.44. The van der Waals surface area contributed by atoms with Crippen molar-refractivity contribution in [2.75, 3.05) is 45.7 Å². The number of nitrogens with zero attached hydrogens (tertiary/aromatic N) is 3. The monoisotopic (exact) mass is 675 g/mol. The van der Waals surface area contributed by atoms with Crippen molar-refractivity contribution in [3.63, 3.8) is 0 Å². The van der Waals surface area contributed by atoms with Crippen molar-refractivity contribution >= 4 is 52.2 Å². The molecular formula is C31H36F6N3OPS2. The third-order valence-corrected chi connectivity index (χ3v) is 10.5. The maximum absolute atomic E-state index is 13.3. The Morgan fingerprint density at radius 1 is 0.864 bits per heavy atom. The second-order valence-corrected chi connectivity index (χ2v) is 16.5. The fourth-order valence-corrected chi connectivity index (χ4v) is 8.04. The first-order chi connectivity index (χ1) is 20.2. The molecule has 1 amide bonds. The van der Waals surface area contributed by atoms with Crippen molar-refractivity contribution in [2.24, 2.45) is 0 Å². The fraction of sp³-hybridized carbons (Fsp3) is 0.419. The standard InChI is InChI=1S/C31H36N3OS2.F6P/c1-31(2)13-16-33(5)24-19-28-22(18-23(24)31)29(21-10-9-20(32(3)4)17-27(21)37-28)25-11-12-26(36-25)30(35)34-14-7-6-8-15-34;1-7(2,3,4,5)6/h9-12,17-19H,6-8,13-16H2,1-5H3;/q+1;-1. The number of halogens is 6.